The molecule has 3 rings (SSSR count). The number of hydrogen-bond donors (Lipinski definition) is 2. The average molecular weight is 370 g/mol. The number of thioether (sulfide) groups is 1. The predicted octanol–water partition coefficient (Wildman–Crippen LogP) is 4.82. The fourth-order valence-corrected chi connectivity index (χ4v) is 3.79. The number of nitrogens with one attached hydrogen (secondary N) is 1. The van der Waals surface area contributed by atoms with Gasteiger partial charge in [-0.15, -0.1) is 23.1 Å². The zero-order valence-corrected chi connectivity index (χ0v) is 15.7. The van der Waals surface area contributed by atoms with Crippen LogP contribution in [0.2, 0.25) is 0 Å². The molecule has 0 spiro atoms. The Balaban J connectivity index is 1.62. The number of nitrogens with zero attached hydrogens (tertiary/aromatic N) is 1. The molecule has 0 aliphatic heterocycles. The molecule has 0 fully saturated rings. The van der Waals surface area contributed by atoms with E-state index in [2.05, 4.69) is 29.4 Å². The predicted molar refractivity (Wildman–Crippen MR) is 107 cm³/mol. The van der Waals surface area contributed by atoms with Crippen molar-refractivity contribution in [3.8, 4) is 11.3 Å². The molecule has 1 aromatic heterocycles. The number of amides is 1. The SMILES string of the molecule is Cc1ccc(-c2csc(NC(=O)C(C)Sc3ccc(N)cc3)n2)cc1. The van der Waals surface area contributed by atoms with E-state index in [4.69, 9.17) is 5.73 Å². The van der Waals surface area contributed by atoms with Gasteiger partial charge in [0.25, 0.3) is 0 Å². The minimum atomic E-state index is -0.227. The van der Waals surface area contributed by atoms with Crippen LogP contribution in [0.5, 0.6) is 0 Å². The van der Waals surface area contributed by atoms with Crippen molar-refractivity contribution in [2.45, 2.75) is 24.0 Å². The number of benzene rings is 2. The molecule has 128 valence electrons. The Kier molecular flexibility index (Phi) is 5.40. The number of carbonyl (C=O) groups is 1. The van der Waals surface area contributed by atoms with Crippen molar-refractivity contribution in [1.29, 1.82) is 0 Å². The van der Waals surface area contributed by atoms with Crippen molar-refractivity contribution in [3.05, 3.63) is 59.5 Å². The maximum Gasteiger partial charge on any atom is 0.239 e. The Morgan fingerprint density at radius 3 is 2.52 bits per heavy atom. The third-order valence-electron chi connectivity index (χ3n) is 3.64. The molecule has 25 heavy (non-hydrogen) atoms. The number of aryl methyl sites for hydroxylation is 1. The van der Waals surface area contributed by atoms with E-state index >= 15 is 0 Å². The van der Waals surface area contributed by atoms with Crippen molar-refractivity contribution in [2.24, 2.45) is 0 Å². The summed E-state index contributed by atoms with van der Waals surface area (Å²) in [5.41, 5.74) is 9.53. The molecule has 0 aliphatic carbocycles. The lowest BCUT2D eigenvalue weighted by molar-refractivity contribution is -0.115. The van der Waals surface area contributed by atoms with E-state index in [1.165, 1.54) is 28.7 Å². The molecule has 0 aliphatic rings. The number of anilines is 2. The lowest BCUT2D eigenvalue weighted by Crippen LogP contribution is -2.22. The number of rotatable bonds is 5. The molecule has 0 radical (unpaired) electrons. The summed E-state index contributed by atoms with van der Waals surface area (Å²) in [6.07, 6.45) is 0. The summed E-state index contributed by atoms with van der Waals surface area (Å²) in [6, 6.07) is 15.7. The second-order valence-corrected chi connectivity index (χ2v) is 7.99. The second-order valence-electron chi connectivity index (χ2n) is 5.72. The number of carbonyl (C=O) groups excluding carboxylic acids is 1. The van der Waals surface area contributed by atoms with E-state index in [-0.39, 0.29) is 11.2 Å². The molecule has 3 aromatic rings. The van der Waals surface area contributed by atoms with Crippen molar-refractivity contribution >= 4 is 39.8 Å². The van der Waals surface area contributed by atoms with Crippen LogP contribution in [0.4, 0.5) is 10.8 Å². The molecule has 1 heterocycles. The third kappa shape index (κ3) is 4.61. The van der Waals surface area contributed by atoms with Crippen LogP contribution in [0.15, 0.2) is 58.8 Å². The Morgan fingerprint density at radius 2 is 1.84 bits per heavy atom. The first-order valence-electron chi connectivity index (χ1n) is 7.87. The van der Waals surface area contributed by atoms with Crippen LogP contribution in [0.25, 0.3) is 11.3 Å². The van der Waals surface area contributed by atoms with Crippen molar-refractivity contribution in [1.82, 2.24) is 4.98 Å². The van der Waals surface area contributed by atoms with Crippen LogP contribution in [0.1, 0.15) is 12.5 Å². The van der Waals surface area contributed by atoms with E-state index in [0.717, 1.165) is 16.2 Å². The summed E-state index contributed by atoms with van der Waals surface area (Å²) >= 11 is 2.93. The minimum Gasteiger partial charge on any atom is -0.399 e. The van der Waals surface area contributed by atoms with Gasteiger partial charge < -0.3 is 11.1 Å². The zero-order valence-electron chi connectivity index (χ0n) is 14.0. The Bertz CT molecular complexity index is 857. The van der Waals surface area contributed by atoms with Crippen molar-refractivity contribution < 1.29 is 4.79 Å². The van der Waals surface area contributed by atoms with Gasteiger partial charge in [0.1, 0.15) is 0 Å². The van der Waals surface area contributed by atoms with Crippen molar-refractivity contribution in [3.63, 3.8) is 0 Å². The van der Waals surface area contributed by atoms with E-state index in [9.17, 15) is 4.79 Å². The van der Waals surface area contributed by atoms with Gasteiger partial charge in [0.05, 0.1) is 10.9 Å². The van der Waals surface area contributed by atoms with E-state index in [1.807, 2.05) is 48.7 Å². The number of aromatic nitrogens is 1. The van der Waals surface area contributed by atoms with E-state index in [0.29, 0.717) is 10.8 Å². The highest BCUT2D eigenvalue weighted by Gasteiger charge is 2.16. The van der Waals surface area contributed by atoms with Gasteiger partial charge in [0, 0.05) is 21.5 Å². The van der Waals surface area contributed by atoms with Crippen LogP contribution in [0, 0.1) is 6.92 Å². The van der Waals surface area contributed by atoms with Gasteiger partial charge in [0.2, 0.25) is 5.91 Å². The van der Waals surface area contributed by atoms with E-state index in [1.54, 1.807) is 0 Å². The first-order valence-corrected chi connectivity index (χ1v) is 9.63. The van der Waals surface area contributed by atoms with Gasteiger partial charge >= 0.3 is 0 Å². The first kappa shape index (κ1) is 17.5. The Labute approximate surface area is 155 Å². The lowest BCUT2D eigenvalue weighted by atomic mass is 10.1. The molecular formula is C19H19N3OS2. The topological polar surface area (TPSA) is 68.0 Å². The quantitative estimate of drug-likeness (QED) is 0.500. The number of thiazole rings is 1. The summed E-state index contributed by atoms with van der Waals surface area (Å²) in [7, 11) is 0. The largest absolute Gasteiger partial charge is 0.399 e. The van der Waals surface area contributed by atoms with Gasteiger partial charge in [-0.25, -0.2) is 4.98 Å². The molecule has 1 amide bonds. The normalized spacial score (nSPS) is 11.9. The van der Waals surface area contributed by atoms with Gasteiger partial charge in [-0.3, -0.25) is 4.79 Å². The smallest absolute Gasteiger partial charge is 0.239 e. The lowest BCUT2D eigenvalue weighted by Gasteiger charge is -2.10. The highest BCUT2D eigenvalue weighted by Crippen LogP contribution is 2.28. The van der Waals surface area contributed by atoms with Gasteiger partial charge in [0.15, 0.2) is 5.13 Å². The Hall–Kier alpha value is -2.31. The fourth-order valence-electron chi connectivity index (χ4n) is 2.20. The van der Waals surface area contributed by atoms with Gasteiger partial charge in [-0.2, -0.15) is 0 Å². The zero-order chi connectivity index (χ0) is 17.8. The van der Waals surface area contributed by atoms with Gasteiger partial charge in [-0.1, -0.05) is 29.8 Å². The molecule has 6 heteroatoms. The molecule has 0 saturated carbocycles. The second kappa shape index (κ2) is 7.72. The molecular weight excluding hydrogens is 350 g/mol. The maximum atomic E-state index is 12.4. The summed E-state index contributed by atoms with van der Waals surface area (Å²) in [4.78, 5) is 17.9. The highest BCUT2D eigenvalue weighted by atomic mass is 32.2. The summed E-state index contributed by atoms with van der Waals surface area (Å²) in [6.45, 7) is 3.93. The summed E-state index contributed by atoms with van der Waals surface area (Å²) < 4.78 is 0. The summed E-state index contributed by atoms with van der Waals surface area (Å²) in [5.74, 6) is -0.0633. The standard InChI is InChI=1S/C19H19N3OS2/c1-12-3-5-14(6-4-12)17-11-24-19(21-17)22-18(23)13(2)25-16-9-7-15(20)8-10-16/h3-11,13H,20H2,1-2H3,(H,21,22,23). The molecule has 2 aromatic carbocycles. The van der Waals surface area contributed by atoms with Crippen LogP contribution in [-0.2, 0) is 4.79 Å². The molecule has 4 nitrogen and oxygen atoms in total. The molecule has 3 N–H and O–H groups in total. The minimum absolute atomic E-state index is 0.0633. The number of hydrogen-bond acceptors (Lipinski definition) is 5. The molecule has 1 atom stereocenters. The summed E-state index contributed by atoms with van der Waals surface area (Å²) in [5, 5.41) is 5.24. The highest BCUT2D eigenvalue weighted by molar-refractivity contribution is 8.00. The van der Waals surface area contributed by atoms with Gasteiger partial charge in [-0.05, 0) is 38.1 Å². The number of nitrogen functional groups attached to an aromatic ring is 1. The third-order valence-corrected chi connectivity index (χ3v) is 5.51. The van der Waals surface area contributed by atoms with Crippen LogP contribution in [0.3, 0.4) is 0 Å². The van der Waals surface area contributed by atoms with Crippen LogP contribution < -0.4 is 11.1 Å². The average Bonchev–Trinajstić information content (AvgIpc) is 3.06. The van der Waals surface area contributed by atoms with E-state index < -0.39 is 0 Å². The number of nitrogens with two attached hydrogens (primary N) is 1. The van der Waals surface area contributed by atoms with Crippen LogP contribution in [-0.4, -0.2) is 16.1 Å². The monoisotopic (exact) mass is 369 g/mol. The first-order chi connectivity index (χ1) is 12.0. The fraction of sp³-hybridized carbons (Fsp3) is 0.158. The van der Waals surface area contributed by atoms with Crippen LogP contribution >= 0.6 is 23.1 Å². The molecule has 0 saturated heterocycles. The molecule has 0 bridgehead atoms. The Morgan fingerprint density at radius 1 is 1.16 bits per heavy atom. The maximum absolute atomic E-state index is 12.4. The van der Waals surface area contributed by atoms with Crippen molar-refractivity contribution in [2.75, 3.05) is 11.1 Å². The molecule has 1 unspecified atom stereocenters.